The monoisotopic (exact) mass is 367 g/mol. The second kappa shape index (κ2) is 8.52. The molecule has 0 aromatic heterocycles. The number of nitrogens with one attached hydrogen (secondary N) is 2. The van der Waals surface area contributed by atoms with Crippen molar-refractivity contribution in [2.45, 2.75) is 6.42 Å². The Labute approximate surface area is 148 Å². The SMILES string of the molecule is O=C(Cc1ccc(Cl)c(Cl)c1)NCCNc1ccccc1[N+](=O)[O-]. The van der Waals surface area contributed by atoms with Crippen LogP contribution in [0.4, 0.5) is 11.4 Å². The van der Waals surface area contributed by atoms with Gasteiger partial charge in [0.05, 0.1) is 21.4 Å². The van der Waals surface area contributed by atoms with Crippen LogP contribution in [0.5, 0.6) is 0 Å². The number of carbonyl (C=O) groups excluding carboxylic acids is 1. The van der Waals surface area contributed by atoms with Gasteiger partial charge in [-0.15, -0.1) is 0 Å². The zero-order valence-corrected chi connectivity index (χ0v) is 14.1. The van der Waals surface area contributed by atoms with Crippen LogP contribution in [0.15, 0.2) is 42.5 Å². The topological polar surface area (TPSA) is 84.3 Å². The van der Waals surface area contributed by atoms with Gasteiger partial charge in [0.2, 0.25) is 5.91 Å². The first-order valence-electron chi connectivity index (χ1n) is 7.15. The van der Waals surface area contributed by atoms with Gasteiger partial charge in [-0.2, -0.15) is 0 Å². The molecule has 126 valence electrons. The third-order valence-corrected chi connectivity index (χ3v) is 3.95. The van der Waals surface area contributed by atoms with Crippen LogP contribution >= 0.6 is 23.2 Å². The number of nitrogens with zero attached hydrogens (tertiary/aromatic N) is 1. The lowest BCUT2D eigenvalue weighted by molar-refractivity contribution is -0.384. The van der Waals surface area contributed by atoms with Crippen LogP contribution in [-0.2, 0) is 11.2 Å². The Bertz CT molecular complexity index is 753. The summed E-state index contributed by atoms with van der Waals surface area (Å²) < 4.78 is 0. The van der Waals surface area contributed by atoms with Crippen LogP contribution in [0.25, 0.3) is 0 Å². The summed E-state index contributed by atoms with van der Waals surface area (Å²) in [5, 5.41) is 17.4. The van der Waals surface area contributed by atoms with E-state index in [1.807, 2.05) is 0 Å². The lowest BCUT2D eigenvalue weighted by Gasteiger charge is -2.09. The zero-order chi connectivity index (χ0) is 17.5. The number of amides is 1. The summed E-state index contributed by atoms with van der Waals surface area (Å²) in [5.41, 5.74) is 1.18. The molecule has 0 radical (unpaired) electrons. The van der Waals surface area contributed by atoms with Gasteiger partial charge in [0.25, 0.3) is 5.69 Å². The molecule has 2 aromatic carbocycles. The van der Waals surface area contributed by atoms with Crippen molar-refractivity contribution in [3.05, 3.63) is 68.2 Å². The van der Waals surface area contributed by atoms with E-state index < -0.39 is 4.92 Å². The first-order chi connectivity index (χ1) is 11.5. The maximum absolute atomic E-state index is 11.9. The van der Waals surface area contributed by atoms with Crippen molar-refractivity contribution < 1.29 is 9.72 Å². The summed E-state index contributed by atoms with van der Waals surface area (Å²) in [4.78, 5) is 22.3. The van der Waals surface area contributed by atoms with Crippen LogP contribution in [0.2, 0.25) is 10.0 Å². The Hall–Kier alpha value is -2.31. The number of nitro benzene ring substituents is 1. The van der Waals surface area contributed by atoms with Crippen molar-refractivity contribution in [2.24, 2.45) is 0 Å². The van der Waals surface area contributed by atoms with Crippen molar-refractivity contribution in [2.75, 3.05) is 18.4 Å². The standard InChI is InChI=1S/C16H15Cl2N3O3/c17-12-6-5-11(9-13(12)18)10-16(22)20-8-7-19-14-3-1-2-4-15(14)21(23)24/h1-6,9,19H,7-8,10H2,(H,20,22). The number of halogens is 2. The summed E-state index contributed by atoms with van der Waals surface area (Å²) in [7, 11) is 0. The fourth-order valence-corrected chi connectivity index (χ4v) is 2.40. The van der Waals surface area contributed by atoms with Crippen LogP contribution in [0.1, 0.15) is 5.56 Å². The van der Waals surface area contributed by atoms with E-state index in [-0.39, 0.29) is 18.0 Å². The highest BCUT2D eigenvalue weighted by Crippen LogP contribution is 2.23. The number of carbonyl (C=O) groups is 1. The highest BCUT2D eigenvalue weighted by molar-refractivity contribution is 6.42. The molecular formula is C16H15Cl2N3O3. The molecule has 0 spiro atoms. The lowest BCUT2D eigenvalue weighted by atomic mass is 10.1. The van der Waals surface area contributed by atoms with Crippen molar-refractivity contribution in [1.29, 1.82) is 0 Å². The number of hydrogen-bond donors (Lipinski definition) is 2. The fraction of sp³-hybridized carbons (Fsp3) is 0.188. The van der Waals surface area contributed by atoms with E-state index in [2.05, 4.69) is 10.6 Å². The van der Waals surface area contributed by atoms with Gasteiger partial charge >= 0.3 is 0 Å². The Morgan fingerprint density at radius 3 is 2.54 bits per heavy atom. The van der Waals surface area contributed by atoms with E-state index in [9.17, 15) is 14.9 Å². The summed E-state index contributed by atoms with van der Waals surface area (Å²) in [6.45, 7) is 0.712. The predicted octanol–water partition coefficient (Wildman–Crippen LogP) is 3.67. The van der Waals surface area contributed by atoms with Crippen LogP contribution < -0.4 is 10.6 Å². The quantitative estimate of drug-likeness (QED) is 0.444. The second-order valence-electron chi connectivity index (χ2n) is 4.98. The number of anilines is 1. The summed E-state index contributed by atoms with van der Waals surface area (Å²) in [6, 6.07) is 11.4. The number of benzene rings is 2. The Kier molecular flexibility index (Phi) is 6.40. The van der Waals surface area contributed by atoms with Gasteiger partial charge in [0.15, 0.2) is 0 Å². The number of rotatable bonds is 7. The van der Waals surface area contributed by atoms with Gasteiger partial charge in [-0.1, -0.05) is 41.4 Å². The molecule has 0 heterocycles. The third-order valence-electron chi connectivity index (χ3n) is 3.21. The van der Waals surface area contributed by atoms with E-state index in [0.29, 0.717) is 28.8 Å². The van der Waals surface area contributed by atoms with Crippen molar-refractivity contribution in [1.82, 2.24) is 5.32 Å². The Morgan fingerprint density at radius 1 is 1.08 bits per heavy atom. The molecule has 0 bridgehead atoms. The average molecular weight is 368 g/mol. The molecule has 24 heavy (non-hydrogen) atoms. The largest absolute Gasteiger partial charge is 0.378 e. The molecule has 8 heteroatoms. The maximum Gasteiger partial charge on any atom is 0.292 e. The van der Waals surface area contributed by atoms with Crippen LogP contribution in [0.3, 0.4) is 0 Å². The Balaban J connectivity index is 1.79. The normalized spacial score (nSPS) is 10.2. The van der Waals surface area contributed by atoms with Gasteiger partial charge in [-0.25, -0.2) is 0 Å². The van der Waals surface area contributed by atoms with Gasteiger partial charge in [0.1, 0.15) is 5.69 Å². The van der Waals surface area contributed by atoms with Crippen LogP contribution in [-0.4, -0.2) is 23.9 Å². The molecular weight excluding hydrogens is 353 g/mol. The molecule has 0 unspecified atom stereocenters. The minimum atomic E-state index is -0.453. The molecule has 0 fully saturated rings. The molecule has 0 saturated heterocycles. The molecule has 0 aliphatic rings. The average Bonchev–Trinajstić information content (AvgIpc) is 2.55. The first kappa shape index (κ1) is 18.0. The minimum absolute atomic E-state index is 0.000340. The van der Waals surface area contributed by atoms with Crippen molar-refractivity contribution in [3.63, 3.8) is 0 Å². The van der Waals surface area contributed by atoms with Crippen LogP contribution in [0, 0.1) is 10.1 Å². The molecule has 1 amide bonds. The van der Waals surface area contributed by atoms with E-state index in [4.69, 9.17) is 23.2 Å². The van der Waals surface area contributed by atoms with E-state index in [1.165, 1.54) is 6.07 Å². The van der Waals surface area contributed by atoms with Crippen molar-refractivity contribution >= 4 is 40.5 Å². The maximum atomic E-state index is 11.9. The molecule has 0 saturated carbocycles. The summed E-state index contributed by atoms with van der Waals surface area (Å²) in [6.07, 6.45) is 0.183. The molecule has 2 rings (SSSR count). The minimum Gasteiger partial charge on any atom is -0.378 e. The van der Waals surface area contributed by atoms with E-state index in [1.54, 1.807) is 36.4 Å². The van der Waals surface area contributed by atoms with Gasteiger partial charge in [0, 0.05) is 19.2 Å². The smallest absolute Gasteiger partial charge is 0.292 e. The highest BCUT2D eigenvalue weighted by atomic mass is 35.5. The first-order valence-corrected chi connectivity index (χ1v) is 7.91. The molecule has 2 aromatic rings. The van der Waals surface area contributed by atoms with E-state index >= 15 is 0 Å². The predicted molar refractivity (Wildman–Crippen MR) is 94.8 cm³/mol. The highest BCUT2D eigenvalue weighted by Gasteiger charge is 2.11. The summed E-state index contributed by atoms with van der Waals surface area (Å²) >= 11 is 11.7. The zero-order valence-electron chi connectivity index (χ0n) is 12.6. The Morgan fingerprint density at radius 2 is 1.83 bits per heavy atom. The third kappa shape index (κ3) is 5.11. The van der Waals surface area contributed by atoms with Gasteiger partial charge in [-0.05, 0) is 23.8 Å². The number of para-hydroxylation sites is 2. The molecule has 2 N–H and O–H groups in total. The summed E-state index contributed by atoms with van der Waals surface area (Å²) in [5.74, 6) is -0.169. The molecule has 0 aliphatic carbocycles. The lowest BCUT2D eigenvalue weighted by Crippen LogP contribution is -2.30. The van der Waals surface area contributed by atoms with Gasteiger partial charge in [-0.3, -0.25) is 14.9 Å². The fourth-order valence-electron chi connectivity index (χ4n) is 2.08. The van der Waals surface area contributed by atoms with Crippen molar-refractivity contribution in [3.8, 4) is 0 Å². The molecule has 0 aliphatic heterocycles. The number of hydrogen-bond acceptors (Lipinski definition) is 4. The number of nitro groups is 1. The van der Waals surface area contributed by atoms with E-state index in [0.717, 1.165) is 5.56 Å². The van der Waals surface area contributed by atoms with Gasteiger partial charge < -0.3 is 10.6 Å². The molecule has 0 atom stereocenters. The second-order valence-corrected chi connectivity index (χ2v) is 5.79. The molecule has 6 nitrogen and oxygen atoms in total.